The van der Waals surface area contributed by atoms with Crippen molar-refractivity contribution in [2.24, 2.45) is 5.73 Å². The summed E-state index contributed by atoms with van der Waals surface area (Å²) < 4.78 is 10.7. The van der Waals surface area contributed by atoms with E-state index in [0.717, 1.165) is 29.4 Å². The van der Waals surface area contributed by atoms with Crippen LogP contribution in [0.2, 0.25) is 0 Å². The molecule has 236 valence electrons. The van der Waals surface area contributed by atoms with Gasteiger partial charge in [0.15, 0.2) is 0 Å². The van der Waals surface area contributed by atoms with Gasteiger partial charge in [0.05, 0.1) is 26.4 Å². The lowest BCUT2D eigenvalue weighted by Crippen LogP contribution is -2.27. The van der Waals surface area contributed by atoms with Crippen molar-refractivity contribution >= 4 is 30.0 Å². The van der Waals surface area contributed by atoms with Crippen LogP contribution in [0, 0.1) is 0 Å². The van der Waals surface area contributed by atoms with Gasteiger partial charge in [0.1, 0.15) is 6.29 Å². The number of aromatic nitrogens is 3. The largest absolute Gasteiger partial charge is 0.378 e. The molecule has 0 spiro atoms. The van der Waals surface area contributed by atoms with Gasteiger partial charge < -0.3 is 36.5 Å². The van der Waals surface area contributed by atoms with Gasteiger partial charge in [-0.05, 0) is 35.2 Å². The Bertz CT molecular complexity index is 1450. The lowest BCUT2D eigenvalue weighted by Gasteiger charge is -2.12. The molecule has 1 amide bonds. The number of benzene rings is 3. The van der Waals surface area contributed by atoms with Gasteiger partial charge in [-0.25, -0.2) is 0 Å². The normalized spacial score (nSPS) is 10.7. The van der Waals surface area contributed by atoms with E-state index in [1.807, 2.05) is 54.6 Å². The number of hydrogen-bond donors (Lipinski definition) is 5. The number of amides is 1. The van der Waals surface area contributed by atoms with Crippen LogP contribution in [0.5, 0.6) is 0 Å². The molecule has 0 aliphatic heterocycles. The van der Waals surface area contributed by atoms with E-state index in [2.05, 4.69) is 36.2 Å². The van der Waals surface area contributed by atoms with Crippen molar-refractivity contribution in [3.05, 3.63) is 107 Å². The van der Waals surface area contributed by atoms with Gasteiger partial charge in [-0.2, -0.15) is 15.0 Å². The van der Waals surface area contributed by atoms with Crippen molar-refractivity contribution in [3.63, 3.8) is 0 Å². The molecule has 12 heteroatoms. The molecular weight excluding hydrogens is 572 g/mol. The van der Waals surface area contributed by atoms with Crippen molar-refractivity contribution in [2.75, 3.05) is 62.0 Å². The summed E-state index contributed by atoms with van der Waals surface area (Å²) >= 11 is 0. The Morgan fingerprint density at radius 3 is 1.87 bits per heavy atom. The molecule has 1 heterocycles. The second-order valence-electron chi connectivity index (χ2n) is 10.0. The minimum absolute atomic E-state index is 0.167. The number of nitrogens with two attached hydrogens (primary N) is 1. The van der Waals surface area contributed by atoms with Crippen molar-refractivity contribution in [3.8, 4) is 0 Å². The Kier molecular flexibility index (Phi) is 13.7. The van der Waals surface area contributed by atoms with Crippen molar-refractivity contribution in [2.45, 2.75) is 19.5 Å². The van der Waals surface area contributed by atoms with E-state index in [0.29, 0.717) is 88.1 Å². The first-order valence-corrected chi connectivity index (χ1v) is 14.9. The quantitative estimate of drug-likeness (QED) is 0.0735. The smallest absolute Gasteiger partial charge is 0.251 e. The first-order chi connectivity index (χ1) is 22.1. The first kappa shape index (κ1) is 33.0. The van der Waals surface area contributed by atoms with Crippen molar-refractivity contribution in [1.29, 1.82) is 0 Å². The van der Waals surface area contributed by atoms with Crippen LogP contribution >= 0.6 is 0 Å². The van der Waals surface area contributed by atoms with Gasteiger partial charge in [0, 0.05) is 43.9 Å². The molecule has 3 aromatic carbocycles. The second-order valence-corrected chi connectivity index (χ2v) is 10.0. The Balaban J connectivity index is 1.30. The summed E-state index contributed by atoms with van der Waals surface area (Å²) in [5, 5.41) is 12.7. The molecule has 0 aliphatic carbocycles. The van der Waals surface area contributed by atoms with Crippen LogP contribution in [0.15, 0.2) is 78.9 Å². The molecule has 4 rings (SSSR count). The molecule has 4 aromatic rings. The molecular formula is C33H40N8O4. The summed E-state index contributed by atoms with van der Waals surface area (Å²) in [5.41, 5.74) is 9.73. The van der Waals surface area contributed by atoms with Gasteiger partial charge in [0.25, 0.3) is 5.91 Å². The monoisotopic (exact) mass is 612 g/mol. The number of carbonyl (C=O) groups is 2. The van der Waals surface area contributed by atoms with E-state index in [1.54, 1.807) is 24.3 Å². The van der Waals surface area contributed by atoms with Crippen LogP contribution in [-0.4, -0.2) is 73.2 Å². The standard InChI is InChI=1S/C33H40N8O4/c34-15-18-44-20-21-45-19-17-35-30(43)29-12-10-27(11-13-29)23-38-33-40-31(36-16-14-25-6-8-28(24-42)9-7-25)39-32(41-33)37-22-26-4-2-1-3-5-26/h1-13,24H,14-23,34H2,(H,35,43)(H3,36,37,38,39,40,41). The van der Waals surface area contributed by atoms with E-state index in [-0.39, 0.29) is 5.91 Å². The van der Waals surface area contributed by atoms with Gasteiger partial charge in [-0.3, -0.25) is 9.59 Å². The highest BCUT2D eigenvalue weighted by molar-refractivity contribution is 5.94. The molecule has 0 unspecified atom stereocenters. The highest BCUT2D eigenvalue weighted by atomic mass is 16.5. The molecule has 45 heavy (non-hydrogen) atoms. The number of nitrogens with one attached hydrogen (secondary N) is 4. The predicted octanol–water partition coefficient (Wildman–Crippen LogP) is 3.28. The van der Waals surface area contributed by atoms with Gasteiger partial charge in [-0.15, -0.1) is 0 Å². The third-order valence-corrected chi connectivity index (χ3v) is 6.57. The number of carbonyl (C=O) groups excluding carboxylic acids is 2. The number of ether oxygens (including phenoxy) is 2. The van der Waals surface area contributed by atoms with E-state index < -0.39 is 0 Å². The van der Waals surface area contributed by atoms with Crippen LogP contribution in [0.25, 0.3) is 0 Å². The summed E-state index contributed by atoms with van der Waals surface area (Å²) in [7, 11) is 0. The molecule has 0 atom stereocenters. The number of anilines is 3. The minimum Gasteiger partial charge on any atom is -0.378 e. The Labute approximate surface area is 263 Å². The Hall–Kier alpha value is -4.91. The van der Waals surface area contributed by atoms with E-state index >= 15 is 0 Å². The number of rotatable bonds is 20. The number of aldehydes is 1. The zero-order valence-corrected chi connectivity index (χ0v) is 25.2. The fourth-order valence-electron chi connectivity index (χ4n) is 4.17. The third-order valence-electron chi connectivity index (χ3n) is 6.57. The molecule has 0 aliphatic rings. The average Bonchev–Trinajstić information content (AvgIpc) is 3.08. The fourth-order valence-corrected chi connectivity index (χ4v) is 4.17. The molecule has 0 radical (unpaired) electrons. The fraction of sp³-hybridized carbons (Fsp3) is 0.303. The van der Waals surface area contributed by atoms with Crippen LogP contribution in [0.3, 0.4) is 0 Å². The number of hydrogen-bond acceptors (Lipinski definition) is 11. The first-order valence-electron chi connectivity index (χ1n) is 14.9. The SMILES string of the molecule is NCCOCCOCCNC(=O)c1ccc(CNc2nc(NCCc3ccc(C=O)cc3)nc(NCc3ccccc3)n2)cc1. The summed E-state index contributed by atoms with van der Waals surface area (Å²) in [5.74, 6) is 1.12. The van der Waals surface area contributed by atoms with Crippen LogP contribution in [0.1, 0.15) is 37.4 Å². The average molecular weight is 613 g/mol. The second kappa shape index (κ2) is 18.7. The predicted molar refractivity (Wildman–Crippen MR) is 174 cm³/mol. The summed E-state index contributed by atoms with van der Waals surface area (Å²) in [4.78, 5) is 37.1. The van der Waals surface area contributed by atoms with Gasteiger partial charge >= 0.3 is 0 Å². The van der Waals surface area contributed by atoms with Gasteiger partial charge in [-0.1, -0.05) is 66.7 Å². The lowest BCUT2D eigenvalue weighted by atomic mass is 10.1. The summed E-state index contributed by atoms with van der Waals surface area (Å²) in [6, 6.07) is 24.8. The maximum absolute atomic E-state index is 12.5. The lowest BCUT2D eigenvalue weighted by molar-refractivity contribution is 0.0511. The highest BCUT2D eigenvalue weighted by Gasteiger charge is 2.09. The summed E-state index contributed by atoms with van der Waals surface area (Å²) in [6.45, 7) is 4.34. The molecule has 0 bridgehead atoms. The molecule has 12 nitrogen and oxygen atoms in total. The van der Waals surface area contributed by atoms with Crippen LogP contribution in [0.4, 0.5) is 17.8 Å². The zero-order chi connectivity index (χ0) is 31.5. The van der Waals surface area contributed by atoms with E-state index in [4.69, 9.17) is 15.2 Å². The maximum Gasteiger partial charge on any atom is 0.251 e. The number of nitrogens with zero attached hydrogens (tertiary/aromatic N) is 3. The van der Waals surface area contributed by atoms with Crippen molar-refractivity contribution in [1.82, 2.24) is 20.3 Å². The molecule has 0 fully saturated rings. The third kappa shape index (κ3) is 11.9. The van der Waals surface area contributed by atoms with E-state index in [1.165, 1.54) is 0 Å². The zero-order valence-electron chi connectivity index (χ0n) is 25.2. The van der Waals surface area contributed by atoms with Gasteiger partial charge in [0.2, 0.25) is 17.8 Å². The van der Waals surface area contributed by atoms with E-state index in [9.17, 15) is 9.59 Å². The highest BCUT2D eigenvalue weighted by Crippen LogP contribution is 2.13. The summed E-state index contributed by atoms with van der Waals surface area (Å²) in [6.07, 6.45) is 1.57. The van der Waals surface area contributed by atoms with Crippen LogP contribution in [-0.2, 0) is 29.0 Å². The Morgan fingerprint density at radius 1 is 0.667 bits per heavy atom. The van der Waals surface area contributed by atoms with Crippen LogP contribution < -0.4 is 27.0 Å². The molecule has 0 saturated heterocycles. The maximum atomic E-state index is 12.5. The molecule has 6 N–H and O–H groups in total. The Morgan fingerprint density at radius 2 is 1.24 bits per heavy atom. The molecule has 1 aromatic heterocycles. The molecule has 0 saturated carbocycles. The van der Waals surface area contributed by atoms with Crippen molar-refractivity contribution < 1.29 is 19.1 Å². The minimum atomic E-state index is -0.167. The topological polar surface area (TPSA) is 165 Å².